The van der Waals surface area contributed by atoms with Crippen molar-refractivity contribution < 1.29 is 9.47 Å². The molecule has 3 rings (SSSR count). The highest BCUT2D eigenvalue weighted by atomic mass is 16.5. The number of anilines is 1. The van der Waals surface area contributed by atoms with Crippen molar-refractivity contribution in [2.24, 2.45) is 4.99 Å². The van der Waals surface area contributed by atoms with Crippen LogP contribution < -0.4 is 15.0 Å². The maximum absolute atomic E-state index is 5.74. The number of benzene rings is 1. The van der Waals surface area contributed by atoms with Crippen molar-refractivity contribution in [1.82, 2.24) is 15.2 Å². The minimum atomic E-state index is 0.482. The number of pyridine rings is 1. The average molecular weight is 412 g/mol. The van der Waals surface area contributed by atoms with Crippen LogP contribution in [0.3, 0.4) is 0 Å². The molecule has 1 N–H and O–H groups in total. The highest BCUT2D eigenvalue weighted by molar-refractivity contribution is 5.80. The number of methoxy groups -OCH3 is 1. The molecule has 1 aliphatic heterocycles. The molecule has 1 aliphatic rings. The van der Waals surface area contributed by atoms with Crippen LogP contribution in [0.1, 0.15) is 16.7 Å². The van der Waals surface area contributed by atoms with E-state index in [1.807, 2.05) is 19.2 Å². The molecule has 1 fully saturated rings. The van der Waals surface area contributed by atoms with Gasteiger partial charge in [0.05, 0.1) is 6.61 Å². The van der Waals surface area contributed by atoms with Gasteiger partial charge in [-0.3, -0.25) is 4.99 Å². The van der Waals surface area contributed by atoms with Gasteiger partial charge in [-0.05, 0) is 37.1 Å². The number of nitrogens with zero attached hydrogens (tertiary/aromatic N) is 4. The van der Waals surface area contributed by atoms with Gasteiger partial charge in [-0.25, -0.2) is 4.98 Å². The Hall–Kier alpha value is -2.80. The topological polar surface area (TPSA) is 62.2 Å². The first-order chi connectivity index (χ1) is 14.6. The van der Waals surface area contributed by atoms with Gasteiger partial charge in [-0.15, -0.1) is 0 Å². The Morgan fingerprint density at radius 1 is 1.10 bits per heavy atom. The number of hydrogen-bond donors (Lipinski definition) is 1. The lowest BCUT2D eigenvalue weighted by molar-refractivity contribution is 0.143. The van der Waals surface area contributed by atoms with Gasteiger partial charge in [0.2, 0.25) is 5.88 Å². The van der Waals surface area contributed by atoms with Crippen LogP contribution in [0.2, 0.25) is 0 Å². The molecule has 1 saturated heterocycles. The number of aromatic nitrogens is 1. The molecule has 7 nitrogen and oxygen atoms in total. The van der Waals surface area contributed by atoms with Crippen molar-refractivity contribution in [2.75, 3.05) is 58.5 Å². The lowest BCUT2D eigenvalue weighted by atomic mass is 10.1. The largest absolute Gasteiger partial charge is 0.475 e. The van der Waals surface area contributed by atoms with Crippen LogP contribution in [0.25, 0.3) is 0 Å². The van der Waals surface area contributed by atoms with E-state index in [1.54, 1.807) is 13.3 Å². The Morgan fingerprint density at radius 3 is 2.63 bits per heavy atom. The molecule has 30 heavy (non-hydrogen) atoms. The zero-order valence-corrected chi connectivity index (χ0v) is 18.5. The summed E-state index contributed by atoms with van der Waals surface area (Å²) in [5, 5.41) is 3.47. The maximum atomic E-state index is 5.74. The number of rotatable bonds is 7. The zero-order chi connectivity index (χ0) is 21.3. The van der Waals surface area contributed by atoms with E-state index in [9.17, 15) is 0 Å². The normalized spacial score (nSPS) is 14.7. The van der Waals surface area contributed by atoms with Gasteiger partial charge in [-0.2, -0.15) is 0 Å². The number of aryl methyl sites for hydroxylation is 1. The van der Waals surface area contributed by atoms with Crippen molar-refractivity contribution in [3.05, 3.63) is 53.2 Å². The fourth-order valence-electron chi connectivity index (χ4n) is 3.65. The van der Waals surface area contributed by atoms with E-state index < -0.39 is 0 Å². The molecule has 0 unspecified atom stereocenters. The van der Waals surface area contributed by atoms with E-state index in [1.165, 1.54) is 16.8 Å². The molecule has 0 amide bonds. The van der Waals surface area contributed by atoms with Crippen LogP contribution in [-0.4, -0.2) is 69.4 Å². The molecule has 2 aromatic rings. The van der Waals surface area contributed by atoms with Crippen LogP contribution in [0, 0.1) is 13.8 Å². The number of guanidine groups is 1. The zero-order valence-electron chi connectivity index (χ0n) is 18.5. The summed E-state index contributed by atoms with van der Waals surface area (Å²) >= 11 is 0. The number of ether oxygens (including phenoxy) is 2. The standard InChI is InChI=1S/C23H33N5O2/c1-18-7-5-9-21(19(18)2)27-11-13-28(14-12-27)23(24-3)26-17-20-8-6-10-25-22(20)30-16-15-29-4/h5-10H,11-17H2,1-4H3,(H,24,26). The monoisotopic (exact) mass is 411 g/mol. The fraction of sp³-hybridized carbons (Fsp3) is 0.478. The van der Waals surface area contributed by atoms with Crippen molar-refractivity contribution >= 4 is 11.6 Å². The molecular formula is C23H33N5O2. The third kappa shape index (κ3) is 5.42. The van der Waals surface area contributed by atoms with Gasteiger partial charge in [0.1, 0.15) is 6.61 Å². The summed E-state index contributed by atoms with van der Waals surface area (Å²) < 4.78 is 10.8. The second-order valence-corrected chi connectivity index (χ2v) is 7.40. The molecule has 2 heterocycles. The minimum absolute atomic E-state index is 0.482. The van der Waals surface area contributed by atoms with Gasteiger partial charge in [0.15, 0.2) is 5.96 Å². The Morgan fingerprint density at radius 2 is 1.90 bits per heavy atom. The Labute approximate surface area is 179 Å². The van der Waals surface area contributed by atoms with E-state index in [2.05, 4.69) is 57.1 Å². The van der Waals surface area contributed by atoms with Gasteiger partial charge in [0, 0.05) is 64.3 Å². The molecule has 0 radical (unpaired) electrons. The van der Waals surface area contributed by atoms with Crippen LogP contribution in [0.4, 0.5) is 5.69 Å². The highest BCUT2D eigenvalue weighted by Gasteiger charge is 2.21. The Kier molecular flexibility index (Phi) is 7.90. The van der Waals surface area contributed by atoms with Crippen LogP contribution in [-0.2, 0) is 11.3 Å². The summed E-state index contributed by atoms with van der Waals surface area (Å²) in [6.07, 6.45) is 1.74. The fourth-order valence-corrected chi connectivity index (χ4v) is 3.65. The molecular weight excluding hydrogens is 378 g/mol. The molecule has 0 aliphatic carbocycles. The summed E-state index contributed by atoms with van der Waals surface area (Å²) in [6.45, 7) is 9.82. The Bertz CT molecular complexity index is 847. The van der Waals surface area contributed by atoms with E-state index in [-0.39, 0.29) is 0 Å². The van der Waals surface area contributed by atoms with Gasteiger partial charge in [0.25, 0.3) is 0 Å². The van der Waals surface area contributed by atoms with E-state index in [4.69, 9.17) is 9.47 Å². The second-order valence-electron chi connectivity index (χ2n) is 7.40. The number of piperazine rings is 1. The number of aliphatic imine (C=N–C) groups is 1. The van der Waals surface area contributed by atoms with E-state index in [0.717, 1.165) is 37.7 Å². The summed E-state index contributed by atoms with van der Waals surface area (Å²) in [6, 6.07) is 10.5. The molecule has 0 bridgehead atoms. The summed E-state index contributed by atoms with van der Waals surface area (Å²) in [5.74, 6) is 1.54. The maximum Gasteiger partial charge on any atom is 0.218 e. The third-order valence-corrected chi connectivity index (χ3v) is 5.52. The molecule has 7 heteroatoms. The predicted octanol–water partition coefficient (Wildman–Crippen LogP) is 2.62. The molecule has 0 spiro atoms. The van der Waals surface area contributed by atoms with Gasteiger partial charge in [-0.1, -0.05) is 18.2 Å². The lowest BCUT2D eigenvalue weighted by Gasteiger charge is -2.38. The third-order valence-electron chi connectivity index (χ3n) is 5.52. The van der Waals surface area contributed by atoms with Crippen molar-refractivity contribution in [2.45, 2.75) is 20.4 Å². The van der Waals surface area contributed by atoms with Crippen LogP contribution >= 0.6 is 0 Å². The molecule has 1 aromatic heterocycles. The van der Waals surface area contributed by atoms with Crippen molar-refractivity contribution in [3.8, 4) is 5.88 Å². The first kappa shape index (κ1) is 21.9. The average Bonchev–Trinajstić information content (AvgIpc) is 2.78. The summed E-state index contributed by atoms with van der Waals surface area (Å²) in [5.41, 5.74) is 5.05. The van der Waals surface area contributed by atoms with E-state index in [0.29, 0.717) is 25.6 Å². The molecule has 0 atom stereocenters. The number of nitrogens with one attached hydrogen (secondary N) is 1. The van der Waals surface area contributed by atoms with Crippen LogP contribution in [0.5, 0.6) is 5.88 Å². The second kappa shape index (κ2) is 10.8. The molecule has 162 valence electrons. The van der Waals surface area contributed by atoms with Crippen molar-refractivity contribution in [1.29, 1.82) is 0 Å². The van der Waals surface area contributed by atoms with Crippen molar-refractivity contribution in [3.63, 3.8) is 0 Å². The summed E-state index contributed by atoms with van der Waals surface area (Å²) in [7, 11) is 3.49. The van der Waals surface area contributed by atoms with Gasteiger partial charge < -0.3 is 24.6 Å². The highest BCUT2D eigenvalue weighted by Crippen LogP contribution is 2.24. The number of hydrogen-bond acceptors (Lipinski definition) is 5. The lowest BCUT2D eigenvalue weighted by Crippen LogP contribution is -2.52. The SMILES string of the molecule is CN=C(NCc1cccnc1OCCOC)N1CCN(c2cccc(C)c2C)CC1. The summed E-state index contributed by atoms with van der Waals surface area (Å²) in [4.78, 5) is 13.6. The van der Waals surface area contributed by atoms with Gasteiger partial charge >= 0.3 is 0 Å². The predicted molar refractivity (Wildman–Crippen MR) is 122 cm³/mol. The molecule has 1 aromatic carbocycles. The Balaban J connectivity index is 1.56. The first-order valence-electron chi connectivity index (χ1n) is 10.5. The smallest absolute Gasteiger partial charge is 0.218 e. The van der Waals surface area contributed by atoms with Crippen LogP contribution in [0.15, 0.2) is 41.5 Å². The quantitative estimate of drug-likeness (QED) is 0.429. The van der Waals surface area contributed by atoms with E-state index >= 15 is 0 Å². The first-order valence-corrected chi connectivity index (χ1v) is 10.5. The molecule has 0 saturated carbocycles. The minimum Gasteiger partial charge on any atom is -0.475 e.